The SMILES string of the molecule is Cc1cccc(Nc2ccc(C(=O)Nc3ccccc3C)nc2)c1. The number of carbonyl (C=O) groups excluding carboxylic acids is 1. The molecule has 1 aromatic heterocycles. The molecule has 2 aromatic carbocycles. The minimum atomic E-state index is -0.216. The Morgan fingerprint density at radius 3 is 2.46 bits per heavy atom. The highest BCUT2D eigenvalue weighted by atomic mass is 16.1. The van der Waals surface area contributed by atoms with Gasteiger partial charge < -0.3 is 10.6 Å². The van der Waals surface area contributed by atoms with Gasteiger partial charge in [0.1, 0.15) is 5.69 Å². The third kappa shape index (κ3) is 3.79. The van der Waals surface area contributed by atoms with Crippen LogP contribution in [0.5, 0.6) is 0 Å². The second kappa shape index (κ2) is 6.96. The van der Waals surface area contributed by atoms with Crippen molar-refractivity contribution in [3.05, 3.63) is 83.7 Å². The maximum atomic E-state index is 12.3. The van der Waals surface area contributed by atoms with Gasteiger partial charge in [0.25, 0.3) is 5.91 Å². The van der Waals surface area contributed by atoms with Gasteiger partial charge in [0.05, 0.1) is 11.9 Å². The van der Waals surface area contributed by atoms with Crippen molar-refractivity contribution < 1.29 is 4.79 Å². The van der Waals surface area contributed by atoms with Crippen LogP contribution in [0.1, 0.15) is 21.6 Å². The molecule has 1 amide bonds. The summed E-state index contributed by atoms with van der Waals surface area (Å²) in [5.41, 5.74) is 5.21. The van der Waals surface area contributed by atoms with Gasteiger partial charge in [-0.3, -0.25) is 4.79 Å². The van der Waals surface area contributed by atoms with E-state index in [1.165, 1.54) is 5.56 Å². The van der Waals surface area contributed by atoms with Crippen LogP contribution in [0.4, 0.5) is 17.1 Å². The molecule has 0 aliphatic carbocycles. The predicted molar refractivity (Wildman–Crippen MR) is 97.8 cm³/mol. The first-order chi connectivity index (χ1) is 11.6. The number of nitrogens with one attached hydrogen (secondary N) is 2. The fourth-order valence-corrected chi connectivity index (χ4v) is 2.39. The highest BCUT2D eigenvalue weighted by Gasteiger charge is 2.09. The summed E-state index contributed by atoms with van der Waals surface area (Å²) in [4.78, 5) is 16.5. The number of amides is 1. The van der Waals surface area contributed by atoms with Crippen LogP contribution in [-0.2, 0) is 0 Å². The number of rotatable bonds is 4. The molecule has 24 heavy (non-hydrogen) atoms. The summed E-state index contributed by atoms with van der Waals surface area (Å²) >= 11 is 0. The lowest BCUT2D eigenvalue weighted by molar-refractivity contribution is 0.102. The van der Waals surface area contributed by atoms with Crippen LogP contribution in [0.25, 0.3) is 0 Å². The van der Waals surface area contributed by atoms with E-state index in [9.17, 15) is 4.79 Å². The number of benzene rings is 2. The zero-order chi connectivity index (χ0) is 16.9. The van der Waals surface area contributed by atoms with Gasteiger partial charge in [-0.05, 0) is 55.3 Å². The first-order valence-electron chi connectivity index (χ1n) is 7.78. The number of pyridine rings is 1. The normalized spacial score (nSPS) is 10.2. The summed E-state index contributed by atoms with van der Waals surface area (Å²) in [5.74, 6) is -0.216. The van der Waals surface area contributed by atoms with Crippen molar-refractivity contribution in [2.75, 3.05) is 10.6 Å². The molecule has 1 heterocycles. The Labute approximate surface area is 141 Å². The van der Waals surface area contributed by atoms with Crippen molar-refractivity contribution in [2.24, 2.45) is 0 Å². The fraction of sp³-hybridized carbons (Fsp3) is 0.100. The molecule has 120 valence electrons. The summed E-state index contributed by atoms with van der Waals surface area (Å²) in [6, 6.07) is 19.3. The lowest BCUT2D eigenvalue weighted by Crippen LogP contribution is -2.14. The maximum Gasteiger partial charge on any atom is 0.274 e. The zero-order valence-corrected chi connectivity index (χ0v) is 13.7. The third-order valence-corrected chi connectivity index (χ3v) is 3.70. The quantitative estimate of drug-likeness (QED) is 0.733. The Bertz CT molecular complexity index is 857. The van der Waals surface area contributed by atoms with E-state index in [0.29, 0.717) is 5.69 Å². The Morgan fingerprint density at radius 1 is 0.917 bits per heavy atom. The molecular formula is C20H19N3O. The van der Waals surface area contributed by atoms with Gasteiger partial charge in [0, 0.05) is 11.4 Å². The van der Waals surface area contributed by atoms with Gasteiger partial charge in [-0.15, -0.1) is 0 Å². The number of carbonyl (C=O) groups is 1. The van der Waals surface area contributed by atoms with Crippen LogP contribution in [0.2, 0.25) is 0 Å². The number of aromatic nitrogens is 1. The number of hydrogen-bond donors (Lipinski definition) is 2. The maximum absolute atomic E-state index is 12.3. The van der Waals surface area contributed by atoms with Crippen molar-refractivity contribution >= 4 is 23.0 Å². The molecule has 0 radical (unpaired) electrons. The van der Waals surface area contributed by atoms with E-state index in [1.807, 2.05) is 62.4 Å². The van der Waals surface area contributed by atoms with E-state index in [-0.39, 0.29) is 5.91 Å². The fourth-order valence-electron chi connectivity index (χ4n) is 2.39. The Balaban J connectivity index is 1.70. The lowest BCUT2D eigenvalue weighted by Gasteiger charge is -2.09. The third-order valence-electron chi connectivity index (χ3n) is 3.70. The highest BCUT2D eigenvalue weighted by Crippen LogP contribution is 2.18. The van der Waals surface area contributed by atoms with Crippen LogP contribution < -0.4 is 10.6 Å². The van der Waals surface area contributed by atoms with Gasteiger partial charge in [0.15, 0.2) is 0 Å². The summed E-state index contributed by atoms with van der Waals surface area (Å²) in [6.45, 7) is 4.00. The number of nitrogens with zero attached hydrogens (tertiary/aromatic N) is 1. The monoisotopic (exact) mass is 317 g/mol. The standard InChI is InChI=1S/C20H19N3O/c1-14-6-5-8-16(12-14)22-17-10-11-19(21-13-17)20(24)23-18-9-4-3-7-15(18)2/h3-13,22H,1-2H3,(H,23,24). The van der Waals surface area contributed by atoms with E-state index in [1.54, 1.807) is 12.3 Å². The molecule has 3 rings (SSSR count). The molecule has 0 saturated carbocycles. The van der Waals surface area contributed by atoms with Gasteiger partial charge in [-0.1, -0.05) is 30.3 Å². The second-order valence-electron chi connectivity index (χ2n) is 5.70. The average molecular weight is 317 g/mol. The molecule has 0 spiro atoms. The van der Waals surface area contributed by atoms with Crippen LogP contribution in [0, 0.1) is 13.8 Å². The highest BCUT2D eigenvalue weighted by molar-refractivity contribution is 6.03. The van der Waals surface area contributed by atoms with E-state index < -0.39 is 0 Å². The number of anilines is 3. The molecule has 0 bridgehead atoms. The van der Waals surface area contributed by atoms with E-state index >= 15 is 0 Å². The molecule has 0 saturated heterocycles. The molecular weight excluding hydrogens is 298 g/mol. The Hall–Kier alpha value is -3.14. The van der Waals surface area contributed by atoms with Gasteiger partial charge in [0.2, 0.25) is 0 Å². The van der Waals surface area contributed by atoms with E-state index in [0.717, 1.165) is 22.6 Å². The molecule has 2 N–H and O–H groups in total. The van der Waals surface area contributed by atoms with Crippen molar-refractivity contribution in [1.82, 2.24) is 4.98 Å². The molecule has 0 aliphatic heterocycles. The molecule has 0 aliphatic rings. The van der Waals surface area contributed by atoms with Crippen molar-refractivity contribution in [3.8, 4) is 0 Å². The molecule has 4 heteroatoms. The number of aryl methyl sites for hydroxylation is 2. The van der Waals surface area contributed by atoms with Crippen LogP contribution in [0.15, 0.2) is 66.9 Å². The molecule has 0 unspecified atom stereocenters. The zero-order valence-electron chi connectivity index (χ0n) is 13.7. The average Bonchev–Trinajstić information content (AvgIpc) is 2.57. The summed E-state index contributed by atoms with van der Waals surface area (Å²) in [6.07, 6.45) is 1.66. The predicted octanol–water partition coefficient (Wildman–Crippen LogP) is 4.69. The molecule has 3 aromatic rings. The summed E-state index contributed by atoms with van der Waals surface area (Å²) < 4.78 is 0. The minimum absolute atomic E-state index is 0.216. The van der Waals surface area contributed by atoms with E-state index in [4.69, 9.17) is 0 Å². The second-order valence-corrected chi connectivity index (χ2v) is 5.70. The van der Waals surface area contributed by atoms with Gasteiger partial charge in [-0.25, -0.2) is 4.98 Å². The van der Waals surface area contributed by atoms with Crippen molar-refractivity contribution in [2.45, 2.75) is 13.8 Å². The molecule has 4 nitrogen and oxygen atoms in total. The van der Waals surface area contributed by atoms with Crippen LogP contribution in [0.3, 0.4) is 0 Å². The summed E-state index contributed by atoms with van der Waals surface area (Å²) in [7, 11) is 0. The lowest BCUT2D eigenvalue weighted by atomic mass is 10.2. The molecule has 0 atom stereocenters. The Kier molecular flexibility index (Phi) is 4.57. The van der Waals surface area contributed by atoms with Gasteiger partial charge in [-0.2, -0.15) is 0 Å². The molecule has 0 fully saturated rings. The summed E-state index contributed by atoms with van der Waals surface area (Å²) in [5, 5.41) is 6.16. The van der Waals surface area contributed by atoms with Gasteiger partial charge >= 0.3 is 0 Å². The minimum Gasteiger partial charge on any atom is -0.354 e. The van der Waals surface area contributed by atoms with E-state index in [2.05, 4.69) is 21.7 Å². The first kappa shape index (κ1) is 15.7. The number of para-hydroxylation sites is 1. The first-order valence-corrected chi connectivity index (χ1v) is 7.78. The van der Waals surface area contributed by atoms with Crippen molar-refractivity contribution in [3.63, 3.8) is 0 Å². The largest absolute Gasteiger partial charge is 0.354 e. The smallest absolute Gasteiger partial charge is 0.274 e. The van der Waals surface area contributed by atoms with Crippen molar-refractivity contribution in [1.29, 1.82) is 0 Å². The van der Waals surface area contributed by atoms with Crippen LogP contribution in [-0.4, -0.2) is 10.9 Å². The Morgan fingerprint density at radius 2 is 1.75 bits per heavy atom. The van der Waals surface area contributed by atoms with Crippen LogP contribution >= 0.6 is 0 Å². The number of hydrogen-bond acceptors (Lipinski definition) is 3. The topological polar surface area (TPSA) is 54.0 Å².